The fourth-order valence-corrected chi connectivity index (χ4v) is 1.12. The Labute approximate surface area is 99.6 Å². The predicted octanol–water partition coefficient (Wildman–Crippen LogP) is 0.407. The van der Waals surface area contributed by atoms with Crippen LogP contribution in [0.4, 0.5) is 19.0 Å². The minimum Gasteiger partial charge on any atom is -0.510 e. The Balaban J connectivity index is 3.16. The average molecular weight is 264 g/mol. The lowest BCUT2D eigenvalue weighted by molar-refractivity contribution is -0.138. The van der Waals surface area contributed by atoms with Gasteiger partial charge in [-0.3, -0.25) is 4.79 Å². The molecule has 1 heterocycles. The maximum absolute atomic E-state index is 12.6. The van der Waals surface area contributed by atoms with Gasteiger partial charge in [-0.15, -0.1) is 0 Å². The van der Waals surface area contributed by atoms with E-state index in [0.717, 1.165) is 6.92 Å². The summed E-state index contributed by atoms with van der Waals surface area (Å²) in [4.78, 5) is 14.2. The molecular formula is C8H8BF3N2O4. The summed E-state index contributed by atoms with van der Waals surface area (Å²) in [6.07, 6.45) is -4.16. The summed E-state index contributed by atoms with van der Waals surface area (Å²) < 4.78 is 42.0. The number of carbonyl (C=O) groups is 1. The highest BCUT2D eigenvalue weighted by Crippen LogP contribution is 2.37. The summed E-state index contributed by atoms with van der Waals surface area (Å²) >= 11 is 0. The smallest absolute Gasteiger partial charge is 0.510 e. The number of carbonyl (C=O) groups excluding carboxylic acids is 1. The maximum Gasteiger partial charge on any atom is 0.707 e. The van der Waals surface area contributed by atoms with Crippen LogP contribution in [-0.2, 0) is 11.0 Å². The molecule has 1 aromatic rings. The van der Waals surface area contributed by atoms with Gasteiger partial charge in [-0.25, -0.2) is 4.98 Å². The van der Waals surface area contributed by atoms with Gasteiger partial charge in [0.15, 0.2) is 0 Å². The van der Waals surface area contributed by atoms with E-state index in [9.17, 15) is 18.0 Å². The lowest BCUT2D eigenvalue weighted by atomic mass is 10.2. The molecule has 0 atom stereocenters. The van der Waals surface area contributed by atoms with Gasteiger partial charge in [0.1, 0.15) is 17.1 Å². The van der Waals surface area contributed by atoms with Crippen LogP contribution in [0.15, 0.2) is 12.3 Å². The fourth-order valence-electron chi connectivity index (χ4n) is 1.12. The van der Waals surface area contributed by atoms with E-state index in [1.165, 1.54) is 0 Å². The first-order valence-electron chi connectivity index (χ1n) is 4.58. The van der Waals surface area contributed by atoms with Gasteiger partial charge in [0.25, 0.3) is 0 Å². The van der Waals surface area contributed by atoms with Gasteiger partial charge in [-0.2, -0.15) is 13.2 Å². The number of pyridine rings is 1. The third kappa shape index (κ3) is 3.89. The molecule has 0 aliphatic rings. The highest BCUT2D eigenvalue weighted by Gasteiger charge is 2.36. The van der Waals surface area contributed by atoms with Gasteiger partial charge in [0, 0.05) is 6.92 Å². The standard InChI is InChI=1S/C8H8BF3N2O4/c1-4(15)14-7-2-5(8(10,11)12)6(3-13-7)18-9(16)17/h2-3,16-17H,1H3,(H,13,14,15). The molecular weight excluding hydrogens is 256 g/mol. The van der Waals surface area contributed by atoms with Crippen LogP contribution in [0, 0.1) is 0 Å². The predicted molar refractivity (Wildman–Crippen MR) is 54.4 cm³/mol. The molecule has 1 aromatic heterocycles. The topological polar surface area (TPSA) is 91.7 Å². The molecule has 0 spiro atoms. The first-order valence-corrected chi connectivity index (χ1v) is 4.58. The first kappa shape index (κ1) is 14.3. The lowest BCUT2D eigenvalue weighted by Gasteiger charge is -2.14. The van der Waals surface area contributed by atoms with E-state index in [0.29, 0.717) is 12.3 Å². The summed E-state index contributed by atoms with van der Waals surface area (Å²) in [5.74, 6) is -1.77. The molecule has 0 radical (unpaired) electrons. The van der Waals surface area contributed by atoms with Crippen molar-refractivity contribution in [3.05, 3.63) is 17.8 Å². The normalized spacial score (nSPS) is 11.0. The molecule has 0 bridgehead atoms. The van der Waals surface area contributed by atoms with E-state index in [1.807, 2.05) is 0 Å². The van der Waals surface area contributed by atoms with Crippen molar-refractivity contribution < 1.29 is 32.7 Å². The summed E-state index contributed by atoms with van der Waals surface area (Å²) in [6.45, 7) is 1.11. The molecule has 1 amide bonds. The van der Waals surface area contributed by atoms with E-state index in [1.54, 1.807) is 0 Å². The number of halogens is 3. The second kappa shape index (κ2) is 5.23. The summed E-state index contributed by atoms with van der Waals surface area (Å²) in [5.41, 5.74) is -1.28. The van der Waals surface area contributed by atoms with E-state index in [2.05, 4.69) is 15.0 Å². The molecule has 0 unspecified atom stereocenters. The Bertz CT molecular complexity index is 452. The van der Waals surface area contributed by atoms with Crippen molar-refractivity contribution in [1.82, 2.24) is 4.98 Å². The third-order valence-electron chi connectivity index (χ3n) is 1.71. The number of alkyl halides is 3. The van der Waals surface area contributed by atoms with E-state index < -0.39 is 30.7 Å². The molecule has 1 rings (SSSR count). The van der Waals surface area contributed by atoms with Gasteiger partial charge < -0.3 is 20.0 Å². The molecule has 0 aromatic carbocycles. The van der Waals surface area contributed by atoms with Crippen molar-refractivity contribution in [1.29, 1.82) is 0 Å². The zero-order valence-corrected chi connectivity index (χ0v) is 9.02. The van der Waals surface area contributed by atoms with Crippen molar-refractivity contribution >= 4 is 19.0 Å². The molecule has 18 heavy (non-hydrogen) atoms. The number of amides is 1. The van der Waals surface area contributed by atoms with Crippen LogP contribution in [0.3, 0.4) is 0 Å². The molecule has 6 nitrogen and oxygen atoms in total. The number of anilines is 1. The van der Waals surface area contributed by atoms with Gasteiger partial charge in [-0.05, 0) is 6.07 Å². The lowest BCUT2D eigenvalue weighted by Crippen LogP contribution is -2.23. The maximum atomic E-state index is 12.6. The third-order valence-corrected chi connectivity index (χ3v) is 1.71. The molecule has 3 N–H and O–H groups in total. The SMILES string of the molecule is CC(=O)Nc1cc(C(F)(F)F)c(OB(O)O)cn1. The van der Waals surface area contributed by atoms with Crippen LogP contribution >= 0.6 is 0 Å². The zero-order chi connectivity index (χ0) is 13.9. The molecule has 98 valence electrons. The first-order chi connectivity index (χ1) is 8.20. The quantitative estimate of drug-likeness (QED) is 0.687. The second-order valence-electron chi connectivity index (χ2n) is 3.19. The number of nitrogens with zero attached hydrogens (tertiary/aromatic N) is 1. The fraction of sp³-hybridized carbons (Fsp3) is 0.250. The molecule has 0 aliphatic heterocycles. The Kier molecular flexibility index (Phi) is 4.14. The van der Waals surface area contributed by atoms with Crippen LogP contribution in [0.1, 0.15) is 12.5 Å². The van der Waals surface area contributed by atoms with Crippen LogP contribution in [0.5, 0.6) is 5.75 Å². The molecule has 0 saturated carbocycles. The number of aromatic nitrogens is 1. The number of hydrogen-bond donors (Lipinski definition) is 3. The Hall–Kier alpha value is -1.81. The van der Waals surface area contributed by atoms with Gasteiger partial charge in [-0.1, -0.05) is 0 Å². The van der Waals surface area contributed by atoms with Crippen molar-refractivity contribution in [2.45, 2.75) is 13.1 Å². The van der Waals surface area contributed by atoms with Gasteiger partial charge in [0.05, 0.1) is 6.20 Å². The van der Waals surface area contributed by atoms with Crippen molar-refractivity contribution in [2.75, 3.05) is 5.32 Å². The van der Waals surface area contributed by atoms with E-state index in [-0.39, 0.29) is 5.82 Å². The Morgan fingerprint density at radius 3 is 2.56 bits per heavy atom. The molecule has 0 fully saturated rings. The summed E-state index contributed by atoms with van der Waals surface area (Å²) in [5, 5.41) is 19.0. The van der Waals surface area contributed by atoms with Crippen molar-refractivity contribution in [2.24, 2.45) is 0 Å². The van der Waals surface area contributed by atoms with Crippen LogP contribution in [-0.4, -0.2) is 28.3 Å². The number of hydrogen-bond acceptors (Lipinski definition) is 5. The monoisotopic (exact) mass is 264 g/mol. The van der Waals surface area contributed by atoms with Gasteiger partial charge in [0.2, 0.25) is 5.91 Å². The molecule has 10 heteroatoms. The zero-order valence-electron chi connectivity index (χ0n) is 9.02. The molecule has 0 aliphatic carbocycles. The minimum absolute atomic E-state index is 0.324. The number of rotatable bonds is 3. The highest BCUT2D eigenvalue weighted by molar-refractivity contribution is 6.33. The largest absolute Gasteiger partial charge is 0.707 e. The van der Waals surface area contributed by atoms with Crippen molar-refractivity contribution in [3.8, 4) is 5.75 Å². The Morgan fingerprint density at radius 1 is 1.50 bits per heavy atom. The Morgan fingerprint density at radius 2 is 2.11 bits per heavy atom. The minimum atomic E-state index is -4.79. The van der Waals surface area contributed by atoms with Crippen LogP contribution < -0.4 is 9.97 Å². The second-order valence-corrected chi connectivity index (χ2v) is 3.19. The van der Waals surface area contributed by atoms with Crippen LogP contribution in [0.2, 0.25) is 0 Å². The van der Waals surface area contributed by atoms with E-state index in [4.69, 9.17) is 10.0 Å². The average Bonchev–Trinajstić information content (AvgIpc) is 2.17. The molecule has 0 saturated heterocycles. The van der Waals surface area contributed by atoms with Crippen molar-refractivity contribution in [3.63, 3.8) is 0 Å². The van der Waals surface area contributed by atoms with Crippen LogP contribution in [0.25, 0.3) is 0 Å². The highest BCUT2D eigenvalue weighted by atomic mass is 19.4. The number of nitrogens with one attached hydrogen (secondary N) is 1. The summed E-state index contributed by atoms with van der Waals surface area (Å²) in [6, 6.07) is 0.527. The van der Waals surface area contributed by atoms with Gasteiger partial charge >= 0.3 is 13.5 Å². The summed E-state index contributed by atoms with van der Waals surface area (Å²) in [7, 11) is -2.40. The van der Waals surface area contributed by atoms with E-state index >= 15 is 0 Å².